The number of para-hydroxylation sites is 3. The summed E-state index contributed by atoms with van der Waals surface area (Å²) in [5.41, 5.74) is 11.7. The summed E-state index contributed by atoms with van der Waals surface area (Å²) in [7, 11) is 0. The van der Waals surface area contributed by atoms with E-state index < -0.39 is 0 Å². The summed E-state index contributed by atoms with van der Waals surface area (Å²) in [6.45, 7) is 0. The zero-order valence-corrected chi connectivity index (χ0v) is 29.7. The molecule has 0 saturated carbocycles. The van der Waals surface area contributed by atoms with E-state index in [1.807, 2.05) is 12.1 Å². The zero-order chi connectivity index (χ0) is 36.0. The van der Waals surface area contributed by atoms with Gasteiger partial charge in [-0.1, -0.05) is 146 Å². The molecule has 0 amide bonds. The average molecular weight is 702 g/mol. The maximum absolute atomic E-state index is 7.10. The number of nitrogens with zero attached hydrogens (tertiary/aromatic N) is 1. The van der Waals surface area contributed by atoms with Gasteiger partial charge in [-0.2, -0.15) is 0 Å². The second kappa shape index (κ2) is 11.6. The highest BCUT2D eigenvalue weighted by atomic mass is 16.3. The molecule has 3 heteroatoms. The minimum atomic E-state index is 0.821. The molecule has 0 aliphatic rings. The van der Waals surface area contributed by atoms with Crippen LogP contribution in [0.5, 0.6) is 0 Å². The van der Waals surface area contributed by atoms with Crippen molar-refractivity contribution in [1.82, 2.24) is 4.57 Å². The largest absolute Gasteiger partial charge is 0.456 e. The third kappa shape index (κ3) is 4.32. The molecule has 0 N–H and O–H groups in total. The Morgan fingerprint density at radius 2 is 0.891 bits per heavy atom. The van der Waals surface area contributed by atoms with Gasteiger partial charge in [0.1, 0.15) is 22.5 Å². The Bertz CT molecular complexity index is 3420. The van der Waals surface area contributed by atoms with E-state index in [4.69, 9.17) is 8.83 Å². The van der Waals surface area contributed by atoms with E-state index in [0.29, 0.717) is 0 Å². The summed E-state index contributed by atoms with van der Waals surface area (Å²) in [5.74, 6) is 0.852. The molecule has 0 saturated heterocycles. The molecule has 12 rings (SSSR count). The Morgan fingerprint density at radius 3 is 1.62 bits per heavy atom. The van der Waals surface area contributed by atoms with Gasteiger partial charge in [0.25, 0.3) is 0 Å². The van der Waals surface area contributed by atoms with Gasteiger partial charge in [0.15, 0.2) is 0 Å². The predicted molar refractivity (Wildman–Crippen MR) is 229 cm³/mol. The Labute approximate surface area is 315 Å². The quantitative estimate of drug-likeness (QED) is 0.171. The van der Waals surface area contributed by atoms with Gasteiger partial charge in [0, 0.05) is 43.9 Å². The van der Waals surface area contributed by atoms with Crippen molar-refractivity contribution in [3.8, 4) is 39.3 Å². The van der Waals surface area contributed by atoms with Crippen molar-refractivity contribution < 1.29 is 8.83 Å². The van der Waals surface area contributed by atoms with Crippen molar-refractivity contribution >= 4 is 76.3 Å². The molecule has 9 aromatic carbocycles. The molecule has 0 bridgehead atoms. The number of hydrogen-bond acceptors (Lipinski definition) is 2. The lowest BCUT2D eigenvalue weighted by atomic mass is 9.84. The van der Waals surface area contributed by atoms with E-state index >= 15 is 0 Å². The number of fused-ring (bicyclic) bond motifs is 10. The highest BCUT2D eigenvalue weighted by Crippen LogP contribution is 2.51. The van der Waals surface area contributed by atoms with Crippen molar-refractivity contribution in [1.29, 1.82) is 0 Å². The highest BCUT2D eigenvalue weighted by Gasteiger charge is 2.26. The molecule has 0 fully saturated rings. The molecule has 256 valence electrons. The highest BCUT2D eigenvalue weighted by molar-refractivity contribution is 6.28. The summed E-state index contributed by atoms with van der Waals surface area (Å²) >= 11 is 0. The standard InChI is InChI=1S/C52H31NO2/c1-3-15-32(16-4-1)51-50(42-29-30-46-49(52(42)55-51)41-24-12-14-26-45(41)54-46)48-39-22-9-7-20-37(39)47(38-21-8-10-23-40(38)48)33-27-28-36-35-19-11-13-25-43(35)53(44(36)31-33)34-17-5-2-6-18-34/h1-31H. The van der Waals surface area contributed by atoms with Crippen LogP contribution < -0.4 is 0 Å². The minimum absolute atomic E-state index is 0.821. The molecule has 3 heterocycles. The molecule has 3 nitrogen and oxygen atoms in total. The maximum Gasteiger partial charge on any atom is 0.147 e. The number of rotatable bonds is 4. The van der Waals surface area contributed by atoms with Gasteiger partial charge in [0.2, 0.25) is 0 Å². The van der Waals surface area contributed by atoms with Gasteiger partial charge in [-0.25, -0.2) is 0 Å². The smallest absolute Gasteiger partial charge is 0.147 e. The fraction of sp³-hybridized carbons (Fsp3) is 0. The van der Waals surface area contributed by atoms with Crippen molar-refractivity contribution in [2.75, 3.05) is 0 Å². The SMILES string of the molecule is c1ccc(-c2oc3c(ccc4oc5ccccc5c43)c2-c2c3ccccc3c(-c3ccc4c5ccccc5n(-c5ccccc5)c4c3)c3ccccc23)cc1. The van der Waals surface area contributed by atoms with Gasteiger partial charge in [0.05, 0.1) is 16.4 Å². The number of furan rings is 2. The molecule has 0 unspecified atom stereocenters. The zero-order valence-electron chi connectivity index (χ0n) is 29.7. The Balaban J connectivity index is 1.21. The first-order chi connectivity index (χ1) is 27.3. The predicted octanol–water partition coefficient (Wildman–Crippen LogP) is 14.7. The van der Waals surface area contributed by atoms with E-state index in [2.05, 4.69) is 180 Å². The Kier molecular flexibility index (Phi) is 6.34. The van der Waals surface area contributed by atoms with E-state index in [9.17, 15) is 0 Å². The van der Waals surface area contributed by atoms with Gasteiger partial charge in [-0.3, -0.25) is 0 Å². The lowest BCUT2D eigenvalue weighted by molar-refractivity contribution is 0.634. The van der Waals surface area contributed by atoms with Crippen LogP contribution in [-0.2, 0) is 0 Å². The first-order valence-corrected chi connectivity index (χ1v) is 18.8. The van der Waals surface area contributed by atoms with Crippen LogP contribution in [0.1, 0.15) is 0 Å². The van der Waals surface area contributed by atoms with Crippen molar-refractivity contribution in [2.45, 2.75) is 0 Å². The summed E-state index contributed by atoms with van der Waals surface area (Å²) in [6, 6.07) is 67.2. The van der Waals surface area contributed by atoms with Crippen LogP contribution in [0.15, 0.2) is 197 Å². The maximum atomic E-state index is 7.10. The minimum Gasteiger partial charge on any atom is -0.456 e. The molecule has 0 aliphatic carbocycles. The van der Waals surface area contributed by atoms with E-state index in [1.165, 1.54) is 60.0 Å². The lowest BCUT2D eigenvalue weighted by Crippen LogP contribution is -1.94. The summed E-state index contributed by atoms with van der Waals surface area (Å²) in [6.07, 6.45) is 0. The summed E-state index contributed by atoms with van der Waals surface area (Å²) in [5, 5.41) is 10.4. The monoisotopic (exact) mass is 701 g/mol. The van der Waals surface area contributed by atoms with E-state index in [1.54, 1.807) is 0 Å². The normalized spacial score (nSPS) is 12.0. The molecule has 0 atom stereocenters. The fourth-order valence-corrected chi connectivity index (χ4v) is 9.09. The second-order valence-corrected chi connectivity index (χ2v) is 14.3. The fourth-order valence-electron chi connectivity index (χ4n) is 9.09. The van der Waals surface area contributed by atoms with Crippen LogP contribution >= 0.6 is 0 Å². The van der Waals surface area contributed by atoms with E-state index in [-0.39, 0.29) is 0 Å². The Hall–Kier alpha value is -7.36. The van der Waals surface area contributed by atoms with Crippen LogP contribution in [0.25, 0.3) is 116 Å². The molecule has 0 radical (unpaired) electrons. The van der Waals surface area contributed by atoms with Gasteiger partial charge < -0.3 is 13.4 Å². The number of hydrogen-bond donors (Lipinski definition) is 0. The van der Waals surface area contributed by atoms with Crippen molar-refractivity contribution in [3.05, 3.63) is 188 Å². The van der Waals surface area contributed by atoms with E-state index in [0.717, 1.165) is 55.5 Å². The molecule has 0 aliphatic heterocycles. The van der Waals surface area contributed by atoms with Crippen LogP contribution in [0.4, 0.5) is 0 Å². The molecule has 0 spiro atoms. The van der Waals surface area contributed by atoms with Crippen LogP contribution in [0, 0.1) is 0 Å². The third-order valence-corrected chi connectivity index (χ3v) is 11.4. The number of benzene rings is 9. The summed E-state index contributed by atoms with van der Waals surface area (Å²) in [4.78, 5) is 0. The second-order valence-electron chi connectivity index (χ2n) is 14.3. The topological polar surface area (TPSA) is 31.2 Å². The molecule has 55 heavy (non-hydrogen) atoms. The molecular weight excluding hydrogens is 671 g/mol. The first kappa shape index (κ1) is 30.1. The Morgan fingerprint density at radius 1 is 0.327 bits per heavy atom. The average Bonchev–Trinajstić information content (AvgIpc) is 3.93. The van der Waals surface area contributed by atoms with Crippen LogP contribution in [0.2, 0.25) is 0 Å². The van der Waals surface area contributed by atoms with Crippen molar-refractivity contribution in [2.24, 2.45) is 0 Å². The van der Waals surface area contributed by atoms with Gasteiger partial charge in [-0.15, -0.1) is 0 Å². The third-order valence-electron chi connectivity index (χ3n) is 11.4. The van der Waals surface area contributed by atoms with Gasteiger partial charge >= 0.3 is 0 Å². The molecule has 12 aromatic rings. The van der Waals surface area contributed by atoms with Crippen LogP contribution in [0.3, 0.4) is 0 Å². The van der Waals surface area contributed by atoms with Crippen LogP contribution in [-0.4, -0.2) is 4.57 Å². The van der Waals surface area contributed by atoms with Gasteiger partial charge in [-0.05, 0) is 75.1 Å². The lowest BCUT2D eigenvalue weighted by Gasteiger charge is -2.18. The summed E-state index contributed by atoms with van der Waals surface area (Å²) < 4.78 is 15.9. The van der Waals surface area contributed by atoms with Crippen molar-refractivity contribution in [3.63, 3.8) is 0 Å². The molecular formula is C52H31NO2. The molecule has 3 aromatic heterocycles. The first-order valence-electron chi connectivity index (χ1n) is 18.8. The number of aromatic nitrogens is 1.